The molecule has 0 saturated heterocycles. The van der Waals surface area contributed by atoms with Crippen molar-refractivity contribution in [2.45, 2.75) is 10.2 Å². The molecule has 0 bridgehead atoms. The van der Waals surface area contributed by atoms with E-state index in [1.54, 1.807) is 12.1 Å². The molecule has 2 aromatic heterocycles. The van der Waals surface area contributed by atoms with Gasteiger partial charge in [0.1, 0.15) is 15.2 Å². The van der Waals surface area contributed by atoms with E-state index in [2.05, 4.69) is 41.4 Å². The van der Waals surface area contributed by atoms with Gasteiger partial charge in [-0.2, -0.15) is 4.68 Å². The van der Waals surface area contributed by atoms with E-state index in [0.29, 0.717) is 20.3 Å². The minimum Gasteiger partial charge on any atom is -0.508 e. The third kappa shape index (κ3) is 2.81. The Labute approximate surface area is 130 Å². The Kier molecular flexibility index (Phi) is 3.71. The molecule has 10 heteroatoms. The van der Waals surface area contributed by atoms with E-state index in [4.69, 9.17) is 0 Å². The topological polar surface area (TPSA) is 110 Å². The Hall–Kier alpha value is -2.20. The van der Waals surface area contributed by atoms with Crippen molar-refractivity contribution in [3.8, 4) is 11.4 Å². The summed E-state index contributed by atoms with van der Waals surface area (Å²) in [5, 5.41) is 21.6. The lowest BCUT2D eigenvalue weighted by molar-refractivity contribution is 0.475. The maximum Gasteiger partial charge on any atom is 0.266 e. The van der Waals surface area contributed by atoms with E-state index in [1.807, 2.05) is 0 Å². The first-order chi connectivity index (χ1) is 10.1. The highest BCUT2D eigenvalue weighted by atomic mass is 79.9. The third-order valence-corrected chi connectivity index (χ3v) is 4.43. The quantitative estimate of drug-likeness (QED) is 0.673. The first-order valence-electron chi connectivity index (χ1n) is 5.64. The number of rotatable bonds is 3. The van der Waals surface area contributed by atoms with Crippen molar-refractivity contribution >= 4 is 27.7 Å². The second-order valence-electron chi connectivity index (χ2n) is 3.84. The van der Waals surface area contributed by atoms with Crippen molar-refractivity contribution in [2.75, 3.05) is 0 Å². The molecule has 0 saturated carbocycles. The van der Waals surface area contributed by atoms with Gasteiger partial charge in [-0.05, 0) is 62.4 Å². The molecule has 0 radical (unpaired) electrons. The van der Waals surface area contributed by atoms with Crippen LogP contribution in [0.3, 0.4) is 0 Å². The molecule has 1 aromatic carbocycles. The van der Waals surface area contributed by atoms with Crippen LogP contribution < -0.4 is 5.56 Å². The van der Waals surface area contributed by atoms with Crippen LogP contribution in [0.15, 0.2) is 50.0 Å². The summed E-state index contributed by atoms with van der Waals surface area (Å²) in [7, 11) is 0. The third-order valence-electron chi connectivity index (χ3n) is 2.49. The average molecular weight is 367 g/mol. The average Bonchev–Trinajstić information content (AvgIpc) is 2.93. The summed E-state index contributed by atoms with van der Waals surface area (Å²) < 4.78 is 1.80. The standard InChI is InChI=1S/C11H7BrN6O2S/c12-8-9(20)13-5-14-10(8)21-11-15-16-17-18(11)6-1-3-7(19)4-2-6/h1-5,19H,(H,13,14,20). The fourth-order valence-corrected chi connectivity index (χ4v) is 2.75. The first kappa shape index (κ1) is 13.8. The zero-order valence-corrected chi connectivity index (χ0v) is 12.7. The van der Waals surface area contributed by atoms with E-state index >= 15 is 0 Å². The molecule has 3 rings (SSSR count). The van der Waals surface area contributed by atoms with E-state index in [9.17, 15) is 9.90 Å². The fraction of sp³-hybridized carbons (Fsp3) is 0. The zero-order valence-electron chi connectivity index (χ0n) is 10.3. The number of H-pyrrole nitrogens is 1. The summed E-state index contributed by atoms with van der Waals surface area (Å²) in [6.07, 6.45) is 1.31. The molecule has 0 unspecified atom stereocenters. The minimum atomic E-state index is -0.281. The Morgan fingerprint density at radius 1 is 1.29 bits per heavy atom. The van der Waals surface area contributed by atoms with Gasteiger partial charge < -0.3 is 10.1 Å². The van der Waals surface area contributed by atoms with Crippen LogP contribution in [-0.4, -0.2) is 35.3 Å². The lowest BCUT2D eigenvalue weighted by atomic mass is 10.3. The van der Waals surface area contributed by atoms with Crippen LogP contribution in [-0.2, 0) is 0 Å². The summed E-state index contributed by atoms with van der Waals surface area (Å²) in [5.41, 5.74) is 0.400. The number of phenolic OH excluding ortho intramolecular Hbond substituents is 1. The number of aromatic amines is 1. The van der Waals surface area contributed by atoms with Gasteiger partial charge in [0.15, 0.2) is 0 Å². The number of halogens is 1. The van der Waals surface area contributed by atoms with E-state index in [-0.39, 0.29) is 11.3 Å². The minimum absolute atomic E-state index is 0.153. The zero-order chi connectivity index (χ0) is 14.8. The largest absolute Gasteiger partial charge is 0.508 e. The molecule has 0 aliphatic carbocycles. The van der Waals surface area contributed by atoms with Crippen LogP contribution >= 0.6 is 27.7 Å². The molecule has 106 valence electrons. The van der Waals surface area contributed by atoms with Gasteiger partial charge in [0, 0.05) is 0 Å². The molecule has 0 aliphatic heterocycles. The summed E-state index contributed by atoms with van der Waals surface area (Å²) in [4.78, 5) is 18.1. The number of hydrogen-bond acceptors (Lipinski definition) is 7. The van der Waals surface area contributed by atoms with Crippen molar-refractivity contribution in [1.29, 1.82) is 0 Å². The highest BCUT2D eigenvalue weighted by molar-refractivity contribution is 9.10. The van der Waals surface area contributed by atoms with Crippen LogP contribution in [0.1, 0.15) is 0 Å². The Balaban J connectivity index is 1.98. The number of phenols is 1. The summed E-state index contributed by atoms with van der Waals surface area (Å²) in [6.45, 7) is 0. The van der Waals surface area contributed by atoms with Crippen LogP contribution in [0, 0.1) is 0 Å². The lowest BCUT2D eigenvalue weighted by Crippen LogP contribution is -2.08. The molecule has 0 aliphatic rings. The Morgan fingerprint density at radius 3 is 2.81 bits per heavy atom. The van der Waals surface area contributed by atoms with Gasteiger partial charge in [-0.1, -0.05) is 0 Å². The highest BCUT2D eigenvalue weighted by Crippen LogP contribution is 2.29. The van der Waals surface area contributed by atoms with Gasteiger partial charge in [0.05, 0.1) is 12.0 Å². The molecule has 0 fully saturated rings. The molecule has 3 aromatic rings. The molecule has 21 heavy (non-hydrogen) atoms. The van der Waals surface area contributed by atoms with Gasteiger partial charge in [-0.25, -0.2) is 4.98 Å². The van der Waals surface area contributed by atoms with Gasteiger partial charge >= 0.3 is 0 Å². The van der Waals surface area contributed by atoms with Crippen LogP contribution in [0.5, 0.6) is 5.75 Å². The molecule has 0 amide bonds. The van der Waals surface area contributed by atoms with E-state index in [1.165, 1.54) is 23.1 Å². The maximum atomic E-state index is 11.5. The predicted octanol–water partition coefficient (Wildman–Crippen LogP) is 1.36. The fourth-order valence-electron chi connectivity index (χ4n) is 1.52. The Bertz CT molecular complexity index is 831. The van der Waals surface area contributed by atoms with Gasteiger partial charge in [-0.15, -0.1) is 5.10 Å². The predicted molar refractivity (Wildman–Crippen MR) is 77.5 cm³/mol. The molecule has 2 N–H and O–H groups in total. The van der Waals surface area contributed by atoms with Gasteiger partial charge in [-0.3, -0.25) is 4.79 Å². The van der Waals surface area contributed by atoms with Crippen LogP contribution in [0.4, 0.5) is 0 Å². The number of benzene rings is 1. The number of hydrogen-bond donors (Lipinski definition) is 2. The number of nitrogens with one attached hydrogen (secondary N) is 1. The molecule has 0 atom stereocenters. The monoisotopic (exact) mass is 366 g/mol. The maximum absolute atomic E-state index is 11.5. The Morgan fingerprint density at radius 2 is 2.05 bits per heavy atom. The van der Waals surface area contributed by atoms with Crippen molar-refractivity contribution < 1.29 is 5.11 Å². The van der Waals surface area contributed by atoms with Crippen molar-refractivity contribution in [1.82, 2.24) is 30.2 Å². The molecular weight excluding hydrogens is 360 g/mol. The normalized spacial score (nSPS) is 10.7. The first-order valence-corrected chi connectivity index (χ1v) is 7.25. The summed E-state index contributed by atoms with van der Waals surface area (Å²) >= 11 is 4.33. The number of tetrazole rings is 1. The van der Waals surface area contributed by atoms with Crippen molar-refractivity contribution in [3.63, 3.8) is 0 Å². The number of aromatic hydroxyl groups is 1. The van der Waals surface area contributed by atoms with Gasteiger partial charge in [0.25, 0.3) is 5.56 Å². The van der Waals surface area contributed by atoms with E-state index < -0.39 is 0 Å². The SMILES string of the molecule is O=c1[nH]cnc(Sc2nnnn2-c2ccc(O)cc2)c1Br. The molecule has 2 heterocycles. The van der Waals surface area contributed by atoms with Crippen molar-refractivity contribution in [2.24, 2.45) is 0 Å². The lowest BCUT2D eigenvalue weighted by Gasteiger charge is -2.04. The molecule has 8 nitrogen and oxygen atoms in total. The second kappa shape index (κ2) is 5.66. The number of aromatic nitrogens is 6. The van der Waals surface area contributed by atoms with Crippen LogP contribution in [0.25, 0.3) is 5.69 Å². The highest BCUT2D eigenvalue weighted by Gasteiger charge is 2.14. The molecular formula is C11H7BrN6O2S. The molecule has 0 spiro atoms. The van der Waals surface area contributed by atoms with Crippen molar-refractivity contribution in [3.05, 3.63) is 45.4 Å². The number of nitrogens with zero attached hydrogens (tertiary/aromatic N) is 5. The summed E-state index contributed by atoms with van der Waals surface area (Å²) in [6, 6.07) is 6.42. The second-order valence-corrected chi connectivity index (χ2v) is 5.59. The smallest absolute Gasteiger partial charge is 0.266 e. The summed E-state index contributed by atoms with van der Waals surface area (Å²) in [5.74, 6) is 0.153. The van der Waals surface area contributed by atoms with E-state index in [0.717, 1.165) is 11.8 Å². The van der Waals surface area contributed by atoms with Gasteiger partial charge in [0.2, 0.25) is 5.16 Å². The van der Waals surface area contributed by atoms with Crippen LogP contribution in [0.2, 0.25) is 0 Å².